The summed E-state index contributed by atoms with van der Waals surface area (Å²) in [4.78, 5) is 1.82. The Balaban J connectivity index is 3.68. The lowest BCUT2D eigenvalue weighted by Crippen LogP contribution is -2.28. The lowest BCUT2D eigenvalue weighted by atomic mass is 10.4. The van der Waals surface area contributed by atoms with E-state index in [9.17, 15) is 0 Å². The second-order valence-corrected chi connectivity index (χ2v) is 2.42. The van der Waals surface area contributed by atoms with Crippen molar-refractivity contribution in [1.29, 1.82) is 5.41 Å². The third kappa shape index (κ3) is 4.73. The smallest absolute Gasteiger partial charge is 0.121 e. The Morgan fingerprint density at radius 1 is 1.67 bits per heavy atom. The minimum absolute atomic E-state index is 0.474. The van der Waals surface area contributed by atoms with Crippen molar-refractivity contribution in [3.8, 4) is 0 Å². The minimum Gasteiger partial charge on any atom is -0.394 e. The number of nitrogens with zero attached hydrogens (tertiary/aromatic N) is 1. The van der Waals surface area contributed by atoms with Crippen LogP contribution in [-0.2, 0) is 4.74 Å². The van der Waals surface area contributed by atoms with Crippen LogP contribution in [0.3, 0.4) is 0 Å². The van der Waals surface area contributed by atoms with Crippen molar-refractivity contribution < 1.29 is 4.74 Å². The molecular formula is C8H17N3O. The molecule has 0 atom stereocenters. The molecule has 0 amide bonds. The summed E-state index contributed by atoms with van der Waals surface area (Å²) < 4.78 is 4.89. The van der Waals surface area contributed by atoms with E-state index in [1.54, 1.807) is 26.4 Å². The second kappa shape index (κ2) is 6.67. The predicted molar refractivity (Wildman–Crippen MR) is 50.4 cm³/mol. The third-order valence-electron chi connectivity index (χ3n) is 1.45. The van der Waals surface area contributed by atoms with E-state index in [0.717, 1.165) is 6.54 Å². The van der Waals surface area contributed by atoms with Gasteiger partial charge in [-0.25, -0.2) is 0 Å². The average molecular weight is 171 g/mol. The maximum absolute atomic E-state index is 7.52. The highest BCUT2D eigenvalue weighted by molar-refractivity contribution is 5.89. The fraction of sp³-hybridized carbons (Fsp3) is 0.625. The van der Waals surface area contributed by atoms with Crippen molar-refractivity contribution in [2.45, 2.75) is 0 Å². The molecule has 0 unspecified atom stereocenters. The summed E-state index contributed by atoms with van der Waals surface area (Å²) in [6, 6.07) is 0. The summed E-state index contributed by atoms with van der Waals surface area (Å²) in [7, 11) is 5.32. The van der Waals surface area contributed by atoms with Gasteiger partial charge in [-0.1, -0.05) is 0 Å². The molecule has 0 aliphatic heterocycles. The van der Waals surface area contributed by atoms with E-state index in [2.05, 4.69) is 5.32 Å². The molecule has 0 fully saturated rings. The monoisotopic (exact) mass is 171 g/mol. The van der Waals surface area contributed by atoms with Crippen molar-refractivity contribution in [1.82, 2.24) is 10.2 Å². The molecule has 0 heterocycles. The lowest BCUT2D eigenvalue weighted by molar-refractivity contribution is 0.183. The Labute approximate surface area is 73.7 Å². The molecular weight excluding hydrogens is 154 g/mol. The normalized spacial score (nSPS) is 10.2. The topological polar surface area (TPSA) is 48.4 Å². The molecule has 0 aliphatic rings. The summed E-state index contributed by atoms with van der Waals surface area (Å²) in [5.74, 6) is 0.474. The highest BCUT2D eigenvalue weighted by Crippen LogP contribution is 1.86. The van der Waals surface area contributed by atoms with Gasteiger partial charge in [0.05, 0.1) is 6.61 Å². The SMILES string of the molecule is CN/C=C\C(=N)N(C)CCOC. The van der Waals surface area contributed by atoms with Crippen LogP contribution in [0.1, 0.15) is 0 Å². The van der Waals surface area contributed by atoms with Crippen LogP contribution in [0.5, 0.6) is 0 Å². The average Bonchev–Trinajstić information content (AvgIpc) is 2.10. The van der Waals surface area contributed by atoms with Crippen LogP contribution in [-0.4, -0.2) is 45.1 Å². The molecule has 0 aromatic carbocycles. The molecule has 4 nitrogen and oxygen atoms in total. The number of likely N-dealkylation sites (N-methyl/N-ethyl adjacent to an activating group) is 1. The standard InChI is InChI=1S/C8H17N3O/c1-10-5-4-8(9)11(2)6-7-12-3/h4-5,9-10H,6-7H2,1-3H3/b5-4-,9-8?. The van der Waals surface area contributed by atoms with E-state index in [0.29, 0.717) is 12.4 Å². The van der Waals surface area contributed by atoms with Gasteiger partial charge in [-0.3, -0.25) is 5.41 Å². The zero-order valence-electron chi connectivity index (χ0n) is 7.92. The molecule has 70 valence electrons. The Bertz CT molecular complexity index is 156. The van der Waals surface area contributed by atoms with E-state index in [1.165, 1.54) is 0 Å². The number of amidine groups is 1. The maximum Gasteiger partial charge on any atom is 0.121 e. The molecule has 0 aromatic rings. The first kappa shape index (κ1) is 11.0. The molecule has 12 heavy (non-hydrogen) atoms. The zero-order valence-corrected chi connectivity index (χ0v) is 7.92. The number of hydrogen-bond acceptors (Lipinski definition) is 3. The maximum atomic E-state index is 7.52. The van der Waals surface area contributed by atoms with Gasteiger partial charge in [-0.05, 0) is 12.3 Å². The van der Waals surface area contributed by atoms with Gasteiger partial charge in [0.25, 0.3) is 0 Å². The summed E-state index contributed by atoms with van der Waals surface area (Å²) in [5, 5.41) is 10.4. The molecule has 0 radical (unpaired) electrons. The number of ether oxygens (including phenoxy) is 1. The fourth-order valence-electron chi connectivity index (χ4n) is 0.638. The first-order valence-corrected chi connectivity index (χ1v) is 3.84. The van der Waals surface area contributed by atoms with E-state index < -0.39 is 0 Å². The van der Waals surface area contributed by atoms with Crippen molar-refractivity contribution in [3.05, 3.63) is 12.3 Å². The Morgan fingerprint density at radius 3 is 2.83 bits per heavy atom. The Hall–Kier alpha value is -1.03. The van der Waals surface area contributed by atoms with Gasteiger partial charge < -0.3 is 15.0 Å². The number of nitrogens with one attached hydrogen (secondary N) is 2. The molecule has 0 saturated heterocycles. The largest absolute Gasteiger partial charge is 0.394 e. The van der Waals surface area contributed by atoms with Gasteiger partial charge in [0.15, 0.2) is 0 Å². The molecule has 0 saturated carbocycles. The summed E-state index contributed by atoms with van der Waals surface area (Å²) in [5.41, 5.74) is 0. The number of hydrogen-bond donors (Lipinski definition) is 2. The van der Waals surface area contributed by atoms with E-state index in [-0.39, 0.29) is 0 Å². The molecule has 0 aliphatic carbocycles. The van der Waals surface area contributed by atoms with Gasteiger partial charge in [-0.15, -0.1) is 0 Å². The number of methoxy groups -OCH3 is 1. The molecule has 4 heteroatoms. The highest BCUT2D eigenvalue weighted by atomic mass is 16.5. The number of rotatable bonds is 5. The molecule has 0 spiro atoms. The van der Waals surface area contributed by atoms with Crippen molar-refractivity contribution in [3.63, 3.8) is 0 Å². The summed E-state index contributed by atoms with van der Waals surface area (Å²) in [6.07, 6.45) is 3.43. The van der Waals surface area contributed by atoms with Crippen LogP contribution < -0.4 is 5.32 Å². The summed E-state index contributed by atoms with van der Waals surface area (Å²) >= 11 is 0. The van der Waals surface area contributed by atoms with Crippen molar-refractivity contribution in [2.75, 3.05) is 34.4 Å². The third-order valence-corrected chi connectivity index (χ3v) is 1.45. The Kier molecular flexibility index (Phi) is 6.09. The lowest BCUT2D eigenvalue weighted by Gasteiger charge is -2.16. The Morgan fingerprint density at radius 2 is 2.33 bits per heavy atom. The first-order valence-electron chi connectivity index (χ1n) is 3.84. The van der Waals surface area contributed by atoms with Crippen LogP contribution in [0.2, 0.25) is 0 Å². The highest BCUT2D eigenvalue weighted by Gasteiger charge is 1.98. The van der Waals surface area contributed by atoms with Gasteiger partial charge in [0.1, 0.15) is 5.84 Å². The van der Waals surface area contributed by atoms with Crippen LogP contribution >= 0.6 is 0 Å². The zero-order chi connectivity index (χ0) is 9.40. The van der Waals surface area contributed by atoms with E-state index in [1.807, 2.05) is 11.9 Å². The molecule has 0 bridgehead atoms. The van der Waals surface area contributed by atoms with Crippen LogP contribution in [0.15, 0.2) is 12.3 Å². The predicted octanol–water partition coefficient (Wildman–Crippen LogP) is 0.275. The molecule has 0 rings (SSSR count). The van der Waals surface area contributed by atoms with E-state index in [4.69, 9.17) is 10.1 Å². The quantitative estimate of drug-likeness (QED) is 0.461. The fourth-order valence-corrected chi connectivity index (χ4v) is 0.638. The molecule has 0 aromatic heterocycles. The molecule has 2 N–H and O–H groups in total. The minimum atomic E-state index is 0.474. The van der Waals surface area contributed by atoms with Crippen molar-refractivity contribution in [2.24, 2.45) is 0 Å². The van der Waals surface area contributed by atoms with Crippen LogP contribution in [0.25, 0.3) is 0 Å². The van der Waals surface area contributed by atoms with Gasteiger partial charge in [0, 0.05) is 27.7 Å². The van der Waals surface area contributed by atoms with Gasteiger partial charge in [0.2, 0.25) is 0 Å². The van der Waals surface area contributed by atoms with E-state index >= 15 is 0 Å². The summed E-state index contributed by atoms with van der Waals surface area (Å²) in [6.45, 7) is 1.38. The van der Waals surface area contributed by atoms with Gasteiger partial charge >= 0.3 is 0 Å². The first-order chi connectivity index (χ1) is 5.72. The van der Waals surface area contributed by atoms with Crippen LogP contribution in [0, 0.1) is 5.41 Å². The van der Waals surface area contributed by atoms with Crippen molar-refractivity contribution >= 4 is 5.84 Å². The van der Waals surface area contributed by atoms with Gasteiger partial charge in [-0.2, -0.15) is 0 Å². The second-order valence-electron chi connectivity index (χ2n) is 2.42. The van der Waals surface area contributed by atoms with Crippen LogP contribution in [0.4, 0.5) is 0 Å².